The molecule has 1 heterocycles. The van der Waals surface area contributed by atoms with Gasteiger partial charge in [-0.2, -0.15) is 18.3 Å². The summed E-state index contributed by atoms with van der Waals surface area (Å²) in [4.78, 5) is 0. The second-order valence-corrected chi connectivity index (χ2v) is 7.86. The molecule has 0 saturated heterocycles. The Morgan fingerprint density at radius 3 is 2.12 bits per heavy atom. The maximum atomic E-state index is 14.1. The number of hydrogen-bond donors (Lipinski definition) is 4. The van der Waals surface area contributed by atoms with Crippen LogP contribution in [0.15, 0.2) is 48.8 Å². The minimum Gasteiger partial charge on any atom is -0.412 e. The number of benzene rings is 2. The summed E-state index contributed by atoms with van der Waals surface area (Å²) in [7, 11) is 0. The molecule has 8 nitrogen and oxygen atoms in total. The van der Waals surface area contributed by atoms with Gasteiger partial charge in [0, 0.05) is 22.9 Å². The fourth-order valence-corrected chi connectivity index (χ4v) is 4.15. The van der Waals surface area contributed by atoms with Crippen LogP contribution in [0.5, 0.6) is 0 Å². The first-order valence-electron chi connectivity index (χ1n) is 9.55. The highest BCUT2D eigenvalue weighted by molar-refractivity contribution is 5.92. The van der Waals surface area contributed by atoms with Crippen molar-refractivity contribution in [3.63, 3.8) is 0 Å². The monoisotopic (exact) mass is 470 g/mol. The van der Waals surface area contributed by atoms with Crippen molar-refractivity contribution in [1.29, 1.82) is 0 Å². The van der Waals surface area contributed by atoms with Crippen LogP contribution in [0.4, 0.5) is 13.2 Å². The van der Waals surface area contributed by atoms with Crippen molar-refractivity contribution < 1.29 is 44.5 Å². The van der Waals surface area contributed by atoms with Gasteiger partial charge in [0.25, 0.3) is 0 Å². The first-order valence-corrected chi connectivity index (χ1v) is 9.55. The molecule has 0 saturated carbocycles. The molecule has 2 aromatic carbocycles. The Hall–Kier alpha value is -2.80. The normalized spacial score (nSPS) is 17.1. The Morgan fingerprint density at radius 1 is 0.939 bits per heavy atom. The van der Waals surface area contributed by atoms with Gasteiger partial charge in [0.15, 0.2) is 0 Å². The van der Waals surface area contributed by atoms with Crippen molar-refractivity contribution >= 4 is 0 Å². The smallest absolute Gasteiger partial charge is 0.412 e. The molecule has 0 fully saturated rings. The van der Waals surface area contributed by atoms with Crippen LogP contribution in [-0.2, 0) is 11.1 Å². The first kappa shape index (κ1) is 26.5. The molecule has 0 amide bonds. The van der Waals surface area contributed by atoms with Gasteiger partial charge in [-0.05, 0) is 23.6 Å². The lowest BCUT2D eigenvalue weighted by Crippen LogP contribution is -2.45. The molecule has 0 radical (unpaired) electrons. The number of alkyl halides is 3. The fraction of sp³-hybridized carbons (Fsp3) is 0.318. The second-order valence-electron chi connectivity index (χ2n) is 7.86. The summed E-state index contributed by atoms with van der Waals surface area (Å²) in [5.41, 5.74) is -3.28. The molecule has 3 aromatic rings. The summed E-state index contributed by atoms with van der Waals surface area (Å²) < 4.78 is 43.6. The topological polar surface area (TPSA) is 162 Å². The van der Waals surface area contributed by atoms with E-state index in [1.165, 1.54) is 41.3 Å². The van der Waals surface area contributed by atoms with E-state index < -0.39 is 37.1 Å². The van der Waals surface area contributed by atoms with Gasteiger partial charge in [-0.1, -0.05) is 42.0 Å². The predicted octanol–water partition coefficient (Wildman–Crippen LogP) is 0.660. The standard InChI is InChI=1S/C22H21F3N2O4.2H2O/c1-13-6-16(14-8-26-27(9-14)20(10-28,11-29)12-30)19-15-4-2-3-5-17(15)21(31,18(19)7-13)22(23,24)25;;/h2-9,28-31H,10-12H2,1H3;2*1H2/t21-;;/m1../s1. The molecule has 0 spiro atoms. The Kier molecular flexibility index (Phi) is 7.10. The van der Waals surface area contributed by atoms with E-state index in [-0.39, 0.29) is 33.2 Å². The Balaban J connectivity index is 0.00000193. The van der Waals surface area contributed by atoms with E-state index in [1.807, 2.05) is 0 Å². The average Bonchev–Trinajstić information content (AvgIpc) is 3.33. The number of halogens is 3. The quantitative estimate of drug-likeness (QED) is 0.430. The lowest BCUT2D eigenvalue weighted by atomic mass is 9.88. The van der Waals surface area contributed by atoms with Gasteiger partial charge >= 0.3 is 6.18 Å². The minimum atomic E-state index is -4.94. The van der Waals surface area contributed by atoms with Crippen molar-refractivity contribution in [2.24, 2.45) is 0 Å². The molecule has 8 N–H and O–H groups in total. The fourth-order valence-electron chi connectivity index (χ4n) is 4.15. The average molecular weight is 470 g/mol. The van der Waals surface area contributed by atoms with Crippen molar-refractivity contribution in [2.45, 2.75) is 24.2 Å². The number of aliphatic hydroxyl groups excluding tert-OH is 3. The predicted molar refractivity (Wildman–Crippen MR) is 113 cm³/mol. The summed E-state index contributed by atoms with van der Waals surface area (Å²) in [6, 6.07) is 8.87. The van der Waals surface area contributed by atoms with Gasteiger partial charge in [0.2, 0.25) is 5.60 Å². The molecule has 0 unspecified atom stereocenters. The third-order valence-corrected chi connectivity index (χ3v) is 5.93. The molecule has 0 aliphatic heterocycles. The molecule has 1 aliphatic rings. The molecule has 33 heavy (non-hydrogen) atoms. The summed E-state index contributed by atoms with van der Waals surface area (Å²) in [5, 5.41) is 44.0. The molecular weight excluding hydrogens is 445 g/mol. The highest BCUT2D eigenvalue weighted by Crippen LogP contribution is 2.57. The van der Waals surface area contributed by atoms with E-state index in [4.69, 9.17) is 0 Å². The SMILES string of the molecule is Cc1cc(-c2cnn(C(CO)(CO)CO)c2)c2c(c1)[C@@](O)(C(F)(F)F)c1ccccc1-2.O.O. The van der Waals surface area contributed by atoms with Gasteiger partial charge in [-0.15, -0.1) is 0 Å². The third-order valence-electron chi connectivity index (χ3n) is 5.93. The van der Waals surface area contributed by atoms with Crippen LogP contribution in [-0.4, -0.2) is 67.2 Å². The van der Waals surface area contributed by atoms with Crippen LogP contribution < -0.4 is 0 Å². The van der Waals surface area contributed by atoms with Gasteiger partial charge in [-0.3, -0.25) is 4.68 Å². The molecule has 180 valence electrons. The largest absolute Gasteiger partial charge is 0.425 e. The molecule has 1 aliphatic carbocycles. The van der Waals surface area contributed by atoms with Crippen molar-refractivity contribution in [2.75, 3.05) is 19.8 Å². The Bertz CT molecular complexity index is 1140. The summed E-state index contributed by atoms with van der Waals surface area (Å²) in [6.45, 7) is -0.148. The molecule has 0 bridgehead atoms. The van der Waals surface area contributed by atoms with E-state index in [1.54, 1.807) is 19.1 Å². The molecular formula is C22H25F3N2O6. The zero-order valence-electron chi connectivity index (χ0n) is 17.6. The van der Waals surface area contributed by atoms with E-state index in [9.17, 15) is 33.6 Å². The number of nitrogens with zero attached hydrogens (tertiary/aromatic N) is 2. The number of aryl methyl sites for hydroxylation is 1. The van der Waals surface area contributed by atoms with Crippen LogP contribution in [0, 0.1) is 6.92 Å². The lowest BCUT2D eigenvalue weighted by molar-refractivity contribution is -0.246. The van der Waals surface area contributed by atoms with Crippen molar-refractivity contribution in [3.8, 4) is 22.3 Å². The van der Waals surface area contributed by atoms with Gasteiger partial charge in [0.05, 0.1) is 26.0 Å². The minimum absolute atomic E-state index is 0. The number of hydrogen-bond acceptors (Lipinski definition) is 5. The molecule has 1 atom stereocenters. The van der Waals surface area contributed by atoms with Crippen LogP contribution in [0.3, 0.4) is 0 Å². The molecule has 4 rings (SSSR count). The summed E-state index contributed by atoms with van der Waals surface area (Å²) in [6.07, 6.45) is -2.10. The van der Waals surface area contributed by atoms with E-state index in [2.05, 4.69) is 5.10 Å². The van der Waals surface area contributed by atoms with Crippen LogP contribution in [0.2, 0.25) is 0 Å². The summed E-state index contributed by atoms with van der Waals surface area (Å²) in [5.74, 6) is 0. The first-order chi connectivity index (χ1) is 14.6. The number of aliphatic hydroxyl groups is 4. The zero-order chi connectivity index (χ0) is 22.6. The Labute approximate surface area is 186 Å². The number of rotatable bonds is 5. The van der Waals surface area contributed by atoms with E-state index >= 15 is 0 Å². The highest BCUT2D eigenvalue weighted by Gasteiger charge is 2.61. The van der Waals surface area contributed by atoms with Crippen LogP contribution in [0.1, 0.15) is 16.7 Å². The maximum absolute atomic E-state index is 14.1. The van der Waals surface area contributed by atoms with Gasteiger partial charge < -0.3 is 31.4 Å². The highest BCUT2D eigenvalue weighted by atomic mass is 19.4. The van der Waals surface area contributed by atoms with Crippen LogP contribution in [0.25, 0.3) is 22.3 Å². The van der Waals surface area contributed by atoms with Crippen molar-refractivity contribution in [3.05, 3.63) is 65.5 Å². The molecule has 11 heteroatoms. The van der Waals surface area contributed by atoms with Gasteiger partial charge in [0.1, 0.15) is 5.54 Å². The number of fused-ring (bicyclic) bond motifs is 3. The third kappa shape index (κ3) is 3.62. The van der Waals surface area contributed by atoms with E-state index in [0.717, 1.165) is 0 Å². The maximum Gasteiger partial charge on any atom is 0.425 e. The van der Waals surface area contributed by atoms with E-state index in [0.29, 0.717) is 16.7 Å². The van der Waals surface area contributed by atoms with Crippen LogP contribution >= 0.6 is 0 Å². The second kappa shape index (κ2) is 8.86. The molecule has 1 aromatic heterocycles. The number of aromatic nitrogens is 2. The lowest BCUT2D eigenvalue weighted by Gasteiger charge is -2.28. The van der Waals surface area contributed by atoms with Crippen molar-refractivity contribution in [1.82, 2.24) is 9.78 Å². The van der Waals surface area contributed by atoms with Gasteiger partial charge in [-0.25, -0.2) is 0 Å². The summed E-state index contributed by atoms with van der Waals surface area (Å²) >= 11 is 0. The Morgan fingerprint density at radius 2 is 1.55 bits per heavy atom. The zero-order valence-corrected chi connectivity index (χ0v) is 17.6.